The van der Waals surface area contributed by atoms with Gasteiger partial charge in [-0.2, -0.15) is 0 Å². The number of hydrogen-bond acceptors (Lipinski definition) is 3. The van der Waals surface area contributed by atoms with Crippen LogP contribution in [0.5, 0.6) is 0 Å². The van der Waals surface area contributed by atoms with Crippen LogP contribution in [0.3, 0.4) is 0 Å². The fraction of sp³-hybridized carbons (Fsp3) is 0.286. The van der Waals surface area contributed by atoms with Gasteiger partial charge in [0.15, 0.2) is 6.04 Å². The van der Waals surface area contributed by atoms with E-state index < -0.39 is 24.0 Å². The normalized spacial score (nSPS) is 13.9. The van der Waals surface area contributed by atoms with Crippen molar-refractivity contribution in [2.75, 3.05) is 5.01 Å². The molecule has 1 amide bonds. The molecule has 1 aromatic heterocycles. The van der Waals surface area contributed by atoms with E-state index in [9.17, 15) is 19.8 Å². The van der Waals surface area contributed by atoms with Crippen LogP contribution in [0.15, 0.2) is 36.5 Å². The van der Waals surface area contributed by atoms with E-state index in [0.29, 0.717) is 5.52 Å². The predicted octanol–water partition coefficient (Wildman–Crippen LogP) is 0.960. The average Bonchev–Trinajstić information content (AvgIpc) is 2.78. The number of rotatable bonds is 4. The lowest BCUT2D eigenvalue weighted by molar-refractivity contribution is -0.143. The van der Waals surface area contributed by atoms with Gasteiger partial charge < -0.3 is 10.2 Å². The van der Waals surface area contributed by atoms with Gasteiger partial charge in [-0.15, -0.1) is 0 Å². The molecule has 106 valence electrons. The van der Waals surface area contributed by atoms with E-state index in [2.05, 4.69) is 0 Å². The zero-order chi connectivity index (χ0) is 14.9. The quantitative estimate of drug-likeness (QED) is 0.871. The van der Waals surface area contributed by atoms with E-state index in [1.54, 1.807) is 24.4 Å². The van der Waals surface area contributed by atoms with Gasteiger partial charge in [0.1, 0.15) is 0 Å². The van der Waals surface area contributed by atoms with E-state index >= 15 is 0 Å². The standard InChI is InChI=1S/C14H16N2O4/c1-9(17)13(14(19)20)16(10(2)18)15-8-7-11-5-3-4-6-12(11)15/h3-9,13,17H,1-2H3,(H,19,20)/t9-,13+/m1/s1. The van der Waals surface area contributed by atoms with Crippen molar-refractivity contribution in [3.05, 3.63) is 36.5 Å². The third-order valence-corrected chi connectivity index (χ3v) is 3.11. The molecule has 1 heterocycles. The molecule has 0 aliphatic heterocycles. The van der Waals surface area contributed by atoms with Gasteiger partial charge in [-0.25, -0.2) is 9.80 Å². The molecular formula is C14H16N2O4. The number of carbonyl (C=O) groups is 2. The number of nitrogens with zero attached hydrogens (tertiary/aromatic N) is 2. The molecule has 0 spiro atoms. The smallest absolute Gasteiger partial charge is 0.331 e. The summed E-state index contributed by atoms with van der Waals surface area (Å²) < 4.78 is 1.46. The Morgan fingerprint density at radius 1 is 1.25 bits per heavy atom. The molecular weight excluding hydrogens is 260 g/mol. The number of aliphatic carboxylic acids is 1. The molecule has 2 rings (SSSR count). The zero-order valence-electron chi connectivity index (χ0n) is 11.2. The van der Waals surface area contributed by atoms with Crippen LogP contribution in [0.2, 0.25) is 0 Å². The van der Waals surface area contributed by atoms with Gasteiger partial charge in [0, 0.05) is 18.5 Å². The van der Waals surface area contributed by atoms with Gasteiger partial charge in [0.05, 0.1) is 11.6 Å². The van der Waals surface area contributed by atoms with Gasteiger partial charge in [0.2, 0.25) is 5.91 Å². The number of benzene rings is 1. The van der Waals surface area contributed by atoms with Gasteiger partial charge in [-0.1, -0.05) is 18.2 Å². The van der Waals surface area contributed by atoms with Crippen LogP contribution in [-0.2, 0) is 9.59 Å². The summed E-state index contributed by atoms with van der Waals surface area (Å²) >= 11 is 0. The number of fused-ring (bicyclic) bond motifs is 1. The van der Waals surface area contributed by atoms with Crippen molar-refractivity contribution in [3.8, 4) is 0 Å². The molecule has 2 aromatic rings. The minimum atomic E-state index is -1.34. The van der Waals surface area contributed by atoms with Gasteiger partial charge >= 0.3 is 5.97 Å². The second-order valence-electron chi connectivity index (χ2n) is 4.61. The summed E-state index contributed by atoms with van der Waals surface area (Å²) in [7, 11) is 0. The molecule has 6 heteroatoms. The van der Waals surface area contributed by atoms with Crippen LogP contribution in [0.25, 0.3) is 10.9 Å². The number of para-hydroxylation sites is 1. The van der Waals surface area contributed by atoms with E-state index in [1.165, 1.54) is 18.5 Å². The number of carbonyl (C=O) groups excluding carboxylic acids is 1. The first-order valence-electron chi connectivity index (χ1n) is 6.20. The highest BCUT2D eigenvalue weighted by Crippen LogP contribution is 2.18. The number of aliphatic hydroxyl groups excluding tert-OH is 1. The van der Waals surface area contributed by atoms with E-state index in [4.69, 9.17) is 0 Å². The monoisotopic (exact) mass is 276 g/mol. The Kier molecular flexibility index (Phi) is 3.76. The summed E-state index contributed by atoms with van der Waals surface area (Å²) in [6, 6.07) is 7.74. The maximum atomic E-state index is 11.9. The summed E-state index contributed by atoms with van der Waals surface area (Å²) in [5, 5.41) is 20.9. The molecule has 0 fully saturated rings. The Morgan fingerprint density at radius 2 is 1.90 bits per heavy atom. The maximum absolute atomic E-state index is 11.9. The van der Waals surface area contributed by atoms with Crippen LogP contribution >= 0.6 is 0 Å². The lowest BCUT2D eigenvalue weighted by Crippen LogP contribution is -2.55. The minimum absolute atomic E-state index is 0.459. The Labute approximate surface area is 115 Å². The second-order valence-corrected chi connectivity index (χ2v) is 4.61. The van der Waals surface area contributed by atoms with Gasteiger partial charge in [-0.05, 0) is 19.1 Å². The predicted molar refractivity (Wildman–Crippen MR) is 73.9 cm³/mol. The molecule has 0 saturated carbocycles. The fourth-order valence-electron chi connectivity index (χ4n) is 2.25. The first-order chi connectivity index (χ1) is 9.43. The molecule has 20 heavy (non-hydrogen) atoms. The topological polar surface area (TPSA) is 82.8 Å². The van der Waals surface area contributed by atoms with Crippen LogP contribution in [0.4, 0.5) is 0 Å². The van der Waals surface area contributed by atoms with E-state index in [1.807, 2.05) is 12.1 Å². The van der Waals surface area contributed by atoms with Crippen LogP contribution < -0.4 is 5.01 Å². The Hall–Kier alpha value is -2.34. The molecule has 0 radical (unpaired) electrons. The second kappa shape index (κ2) is 5.34. The molecule has 0 bridgehead atoms. The number of amides is 1. The third-order valence-electron chi connectivity index (χ3n) is 3.11. The highest BCUT2D eigenvalue weighted by Gasteiger charge is 2.34. The Balaban J connectivity index is 2.59. The highest BCUT2D eigenvalue weighted by molar-refractivity contribution is 5.93. The Morgan fingerprint density at radius 3 is 2.45 bits per heavy atom. The van der Waals surface area contributed by atoms with Gasteiger partial charge in [0.25, 0.3) is 0 Å². The van der Waals surface area contributed by atoms with Crippen LogP contribution in [0.1, 0.15) is 13.8 Å². The molecule has 1 aromatic carbocycles. The molecule has 2 N–H and O–H groups in total. The zero-order valence-corrected chi connectivity index (χ0v) is 11.2. The minimum Gasteiger partial charge on any atom is -0.480 e. The van der Waals surface area contributed by atoms with Crippen LogP contribution in [-0.4, -0.2) is 38.9 Å². The number of aromatic nitrogens is 1. The van der Waals surface area contributed by atoms with Gasteiger partial charge in [-0.3, -0.25) is 9.47 Å². The number of carboxylic acids is 1. The number of hydrogen-bond donors (Lipinski definition) is 2. The summed E-state index contributed by atoms with van der Waals surface area (Å²) in [4.78, 5) is 23.2. The van der Waals surface area contributed by atoms with Crippen molar-refractivity contribution < 1.29 is 19.8 Å². The van der Waals surface area contributed by atoms with Crippen LogP contribution in [0, 0.1) is 0 Å². The van der Waals surface area contributed by atoms with Crippen molar-refractivity contribution in [2.45, 2.75) is 26.0 Å². The van der Waals surface area contributed by atoms with Crippen molar-refractivity contribution in [1.82, 2.24) is 4.68 Å². The fourth-order valence-corrected chi connectivity index (χ4v) is 2.25. The van der Waals surface area contributed by atoms with Crippen molar-refractivity contribution in [3.63, 3.8) is 0 Å². The van der Waals surface area contributed by atoms with Crippen molar-refractivity contribution in [1.29, 1.82) is 0 Å². The maximum Gasteiger partial charge on any atom is 0.331 e. The highest BCUT2D eigenvalue weighted by atomic mass is 16.4. The number of carboxylic acid groups (broad SMARTS) is 1. The largest absolute Gasteiger partial charge is 0.480 e. The Bertz CT molecular complexity index is 647. The molecule has 0 saturated heterocycles. The lowest BCUT2D eigenvalue weighted by atomic mass is 10.1. The average molecular weight is 276 g/mol. The first kappa shape index (κ1) is 14.1. The summed E-state index contributed by atoms with van der Waals surface area (Å²) in [6.07, 6.45) is 0.419. The third kappa shape index (κ3) is 2.37. The van der Waals surface area contributed by atoms with Crippen molar-refractivity contribution >= 4 is 22.8 Å². The molecule has 0 aliphatic rings. The molecule has 0 aliphatic carbocycles. The molecule has 6 nitrogen and oxygen atoms in total. The molecule has 0 unspecified atom stereocenters. The summed E-state index contributed by atoms with van der Waals surface area (Å²) in [5.41, 5.74) is 0.703. The molecule has 2 atom stereocenters. The SMILES string of the molecule is CC(=O)N([C@H](C(=O)O)[C@@H](C)O)n1ccc2ccccc21. The first-order valence-corrected chi connectivity index (χ1v) is 6.20. The summed E-state index contributed by atoms with van der Waals surface area (Å²) in [6.45, 7) is 2.62. The van der Waals surface area contributed by atoms with E-state index in [0.717, 1.165) is 10.4 Å². The lowest BCUT2D eigenvalue weighted by Gasteiger charge is -2.31. The number of aliphatic hydroxyl groups is 1. The van der Waals surface area contributed by atoms with E-state index in [-0.39, 0.29) is 0 Å². The summed E-state index contributed by atoms with van der Waals surface area (Å²) in [5.74, 6) is -1.72. The van der Waals surface area contributed by atoms with Crippen molar-refractivity contribution in [2.24, 2.45) is 0 Å².